The molecule has 0 spiro atoms. The van der Waals surface area contributed by atoms with Crippen molar-refractivity contribution in [2.75, 3.05) is 31.1 Å². The SMILES string of the molecule is Cc1nn(-c2ccccc2)nc1C(=O)N1CCN(c2ccc(C(F)(F)F)c[nH+]2)CC1. The molecule has 30 heavy (non-hydrogen) atoms. The van der Waals surface area contributed by atoms with Crippen LogP contribution in [0.25, 0.3) is 5.69 Å². The Bertz CT molecular complexity index is 1020. The van der Waals surface area contributed by atoms with Crippen LogP contribution in [0.2, 0.25) is 0 Å². The maximum Gasteiger partial charge on any atom is 0.419 e. The molecule has 1 saturated heterocycles. The van der Waals surface area contributed by atoms with Crippen molar-refractivity contribution < 1.29 is 22.9 Å². The molecule has 1 amide bonds. The number of aromatic nitrogens is 4. The van der Waals surface area contributed by atoms with Crippen molar-refractivity contribution in [1.82, 2.24) is 19.9 Å². The minimum Gasteiger partial charge on any atom is -0.329 e. The van der Waals surface area contributed by atoms with Crippen LogP contribution in [-0.4, -0.2) is 52.0 Å². The highest BCUT2D eigenvalue weighted by Crippen LogP contribution is 2.28. The van der Waals surface area contributed by atoms with E-state index in [0.717, 1.165) is 18.0 Å². The minimum absolute atomic E-state index is 0.203. The highest BCUT2D eigenvalue weighted by molar-refractivity contribution is 5.93. The Hall–Kier alpha value is -3.43. The first-order chi connectivity index (χ1) is 14.3. The second-order valence-corrected chi connectivity index (χ2v) is 7.00. The zero-order valence-electron chi connectivity index (χ0n) is 16.2. The standard InChI is InChI=1S/C20H19F3N6O/c1-14-18(26-29(25-14)16-5-3-2-4-6-16)19(30)28-11-9-27(10-12-28)17-8-7-15(13-24-17)20(21,22)23/h2-8,13H,9-12H2,1H3/p+1. The molecule has 3 aromatic rings. The Balaban J connectivity index is 1.42. The topological polar surface area (TPSA) is 68.4 Å². The number of nitrogens with one attached hydrogen (secondary N) is 1. The maximum atomic E-state index is 12.9. The van der Waals surface area contributed by atoms with Gasteiger partial charge < -0.3 is 4.90 Å². The van der Waals surface area contributed by atoms with Gasteiger partial charge in [-0.2, -0.15) is 23.1 Å². The predicted octanol–water partition coefficient (Wildman–Crippen LogP) is 2.37. The number of amides is 1. The third kappa shape index (κ3) is 3.98. The number of rotatable bonds is 3. The lowest BCUT2D eigenvalue weighted by atomic mass is 10.2. The summed E-state index contributed by atoms with van der Waals surface area (Å²) in [5.41, 5.74) is 0.884. The summed E-state index contributed by atoms with van der Waals surface area (Å²) in [6.45, 7) is 3.61. The van der Waals surface area contributed by atoms with Crippen molar-refractivity contribution in [3.05, 3.63) is 65.6 Å². The van der Waals surface area contributed by atoms with Crippen LogP contribution in [-0.2, 0) is 6.18 Å². The number of aromatic amines is 1. The molecule has 0 atom stereocenters. The van der Waals surface area contributed by atoms with Crippen molar-refractivity contribution in [2.45, 2.75) is 13.1 Å². The molecule has 0 saturated carbocycles. The first-order valence-corrected chi connectivity index (χ1v) is 9.45. The number of H-pyrrole nitrogens is 1. The van der Waals surface area contributed by atoms with E-state index < -0.39 is 11.7 Å². The summed E-state index contributed by atoms with van der Waals surface area (Å²) in [5.74, 6) is 0.382. The fraction of sp³-hybridized carbons (Fsp3) is 0.300. The lowest BCUT2D eigenvalue weighted by Crippen LogP contribution is -2.50. The van der Waals surface area contributed by atoms with Crippen LogP contribution < -0.4 is 9.88 Å². The number of carbonyl (C=O) groups is 1. The van der Waals surface area contributed by atoms with Crippen molar-refractivity contribution in [2.24, 2.45) is 0 Å². The Labute approximate surface area is 170 Å². The van der Waals surface area contributed by atoms with Gasteiger partial charge in [0.05, 0.1) is 30.0 Å². The molecule has 1 fully saturated rings. The molecule has 1 aliphatic rings. The molecule has 0 aliphatic carbocycles. The van der Waals surface area contributed by atoms with Crippen molar-refractivity contribution >= 4 is 11.7 Å². The highest BCUT2D eigenvalue weighted by Gasteiger charge is 2.33. The van der Waals surface area contributed by atoms with E-state index in [1.54, 1.807) is 11.8 Å². The van der Waals surface area contributed by atoms with Crippen LogP contribution in [0.4, 0.5) is 19.0 Å². The first-order valence-electron chi connectivity index (χ1n) is 9.45. The number of hydrogen-bond donors (Lipinski definition) is 0. The van der Waals surface area contributed by atoms with Crippen LogP contribution in [0.3, 0.4) is 0 Å². The molecule has 3 heterocycles. The van der Waals surface area contributed by atoms with E-state index in [1.807, 2.05) is 35.2 Å². The third-order valence-electron chi connectivity index (χ3n) is 5.00. The van der Waals surface area contributed by atoms with Gasteiger partial charge in [-0.25, -0.2) is 4.98 Å². The number of pyridine rings is 1. The largest absolute Gasteiger partial charge is 0.419 e. The molecular weight excluding hydrogens is 397 g/mol. The number of anilines is 1. The number of hydrogen-bond acceptors (Lipinski definition) is 4. The maximum absolute atomic E-state index is 12.9. The molecule has 1 aromatic carbocycles. The molecule has 4 rings (SSSR count). The van der Waals surface area contributed by atoms with E-state index in [4.69, 9.17) is 0 Å². The van der Waals surface area contributed by atoms with E-state index in [0.29, 0.717) is 43.4 Å². The van der Waals surface area contributed by atoms with Crippen molar-refractivity contribution in [3.63, 3.8) is 0 Å². The van der Waals surface area contributed by atoms with E-state index in [-0.39, 0.29) is 5.91 Å². The summed E-state index contributed by atoms with van der Waals surface area (Å²) in [5, 5.41) is 8.69. The van der Waals surface area contributed by atoms with Gasteiger partial charge in [0, 0.05) is 6.07 Å². The smallest absolute Gasteiger partial charge is 0.329 e. The van der Waals surface area contributed by atoms with Gasteiger partial charge in [0.25, 0.3) is 11.7 Å². The molecule has 0 unspecified atom stereocenters. The Kier molecular flexibility index (Phi) is 5.15. The van der Waals surface area contributed by atoms with Gasteiger partial charge in [-0.3, -0.25) is 9.69 Å². The van der Waals surface area contributed by atoms with Gasteiger partial charge >= 0.3 is 6.18 Å². The van der Waals surface area contributed by atoms with Crippen LogP contribution in [0, 0.1) is 6.92 Å². The van der Waals surface area contributed by atoms with Gasteiger partial charge in [0.15, 0.2) is 5.69 Å². The zero-order valence-corrected chi connectivity index (χ0v) is 16.2. The van der Waals surface area contributed by atoms with Crippen LogP contribution in [0.5, 0.6) is 0 Å². The molecule has 0 radical (unpaired) electrons. The number of alkyl halides is 3. The van der Waals surface area contributed by atoms with Gasteiger partial charge in [-0.05, 0) is 25.1 Å². The lowest BCUT2D eigenvalue weighted by molar-refractivity contribution is -0.367. The number of nitrogens with zero attached hydrogens (tertiary/aromatic N) is 5. The van der Waals surface area contributed by atoms with E-state index in [2.05, 4.69) is 15.2 Å². The summed E-state index contributed by atoms with van der Waals surface area (Å²) in [4.78, 5) is 20.7. The summed E-state index contributed by atoms with van der Waals surface area (Å²) < 4.78 is 38.1. The average Bonchev–Trinajstić information content (AvgIpc) is 3.15. The van der Waals surface area contributed by atoms with Crippen molar-refractivity contribution in [1.29, 1.82) is 0 Å². The van der Waals surface area contributed by atoms with Crippen LogP contribution >= 0.6 is 0 Å². The molecule has 156 valence electrons. The predicted molar refractivity (Wildman–Crippen MR) is 102 cm³/mol. The average molecular weight is 417 g/mol. The summed E-state index contributed by atoms with van der Waals surface area (Å²) in [7, 11) is 0. The second kappa shape index (κ2) is 7.77. The second-order valence-electron chi connectivity index (χ2n) is 7.00. The van der Waals surface area contributed by atoms with E-state index in [1.165, 1.54) is 10.9 Å². The zero-order chi connectivity index (χ0) is 21.3. The number of carbonyl (C=O) groups excluding carboxylic acids is 1. The summed E-state index contributed by atoms with van der Waals surface area (Å²) >= 11 is 0. The van der Waals surface area contributed by atoms with Crippen LogP contribution in [0.15, 0.2) is 48.7 Å². The lowest BCUT2D eigenvalue weighted by Gasteiger charge is -2.30. The van der Waals surface area contributed by atoms with E-state index in [9.17, 15) is 18.0 Å². The number of benzene rings is 1. The Morgan fingerprint density at radius 1 is 1.00 bits per heavy atom. The first kappa shape index (κ1) is 19.9. The van der Waals surface area contributed by atoms with Gasteiger partial charge in [-0.1, -0.05) is 18.2 Å². The van der Waals surface area contributed by atoms with E-state index >= 15 is 0 Å². The molecule has 10 heteroatoms. The quantitative estimate of drug-likeness (QED) is 0.656. The highest BCUT2D eigenvalue weighted by atomic mass is 19.4. The molecule has 7 nitrogen and oxygen atoms in total. The van der Waals surface area contributed by atoms with Gasteiger partial charge in [-0.15, -0.1) is 5.10 Å². The summed E-state index contributed by atoms with van der Waals surface area (Å²) in [6, 6.07) is 11.8. The Morgan fingerprint density at radius 2 is 1.70 bits per heavy atom. The number of para-hydroxylation sites is 1. The molecule has 1 N–H and O–H groups in total. The number of aryl methyl sites for hydroxylation is 1. The summed E-state index contributed by atoms with van der Waals surface area (Å²) in [6.07, 6.45) is -3.42. The van der Waals surface area contributed by atoms with Crippen LogP contribution in [0.1, 0.15) is 21.7 Å². The molecular formula is C20H20F3N6O+. The third-order valence-corrected chi connectivity index (χ3v) is 5.00. The van der Waals surface area contributed by atoms with Gasteiger partial charge in [0.2, 0.25) is 0 Å². The number of piperazine rings is 1. The minimum atomic E-state index is -4.38. The van der Waals surface area contributed by atoms with Gasteiger partial charge in [0.1, 0.15) is 19.3 Å². The normalized spacial score (nSPS) is 14.8. The van der Waals surface area contributed by atoms with Crippen molar-refractivity contribution in [3.8, 4) is 5.69 Å². The fourth-order valence-electron chi connectivity index (χ4n) is 3.34. The fourth-order valence-corrected chi connectivity index (χ4v) is 3.34. The monoisotopic (exact) mass is 417 g/mol. The molecule has 2 aromatic heterocycles. The molecule has 0 bridgehead atoms. The number of halogens is 3. The molecule has 1 aliphatic heterocycles. The Morgan fingerprint density at radius 3 is 2.30 bits per heavy atom.